The first-order valence-electron chi connectivity index (χ1n) is 6.60. The van der Waals surface area contributed by atoms with E-state index in [1.165, 1.54) is 0 Å². The molecule has 1 N–H and O–H groups in total. The third-order valence-electron chi connectivity index (χ3n) is 2.74. The van der Waals surface area contributed by atoms with Crippen molar-refractivity contribution in [2.24, 2.45) is 0 Å². The average molecular weight is 270 g/mol. The maximum absolute atomic E-state index is 12.1. The van der Waals surface area contributed by atoms with Gasteiger partial charge in [0.25, 0.3) is 5.91 Å². The van der Waals surface area contributed by atoms with Crippen LogP contribution in [0.1, 0.15) is 35.5 Å². The van der Waals surface area contributed by atoms with Crippen molar-refractivity contribution in [3.05, 3.63) is 65.5 Å². The topological polar surface area (TPSA) is 51.2 Å². The van der Waals surface area contributed by atoms with Gasteiger partial charge in [0.15, 0.2) is 0 Å². The Labute approximate surface area is 118 Å². The van der Waals surface area contributed by atoms with Crippen LogP contribution in [0.2, 0.25) is 0 Å². The smallest absolute Gasteiger partial charge is 0.271 e. The van der Waals surface area contributed by atoms with Crippen molar-refractivity contribution in [1.82, 2.24) is 10.5 Å². The van der Waals surface area contributed by atoms with Crippen molar-refractivity contribution in [1.29, 1.82) is 0 Å². The molecular formula is C16H18N2O2. The number of carbonyl (C=O) groups is 1. The van der Waals surface area contributed by atoms with E-state index in [4.69, 9.17) is 4.84 Å². The lowest BCUT2D eigenvalue weighted by atomic mass is 10.1. The minimum atomic E-state index is -0.266. The molecule has 0 bridgehead atoms. The highest BCUT2D eigenvalue weighted by Crippen LogP contribution is 2.12. The molecule has 0 aliphatic carbocycles. The zero-order valence-electron chi connectivity index (χ0n) is 11.7. The largest absolute Gasteiger partial charge is 0.276 e. The number of hydrogen-bond donors (Lipinski definition) is 1. The van der Waals surface area contributed by atoms with Crippen molar-refractivity contribution in [2.75, 3.05) is 0 Å². The summed E-state index contributed by atoms with van der Waals surface area (Å²) in [7, 11) is 0. The zero-order chi connectivity index (χ0) is 14.4. The maximum Gasteiger partial charge on any atom is 0.276 e. The summed E-state index contributed by atoms with van der Waals surface area (Å²) in [4.78, 5) is 21.5. The fourth-order valence-electron chi connectivity index (χ4n) is 1.80. The van der Waals surface area contributed by atoms with Gasteiger partial charge in [0.2, 0.25) is 0 Å². The van der Waals surface area contributed by atoms with E-state index in [9.17, 15) is 4.79 Å². The first kappa shape index (κ1) is 14.2. The molecule has 2 aromatic rings. The number of hydroxylamine groups is 1. The van der Waals surface area contributed by atoms with E-state index in [1.807, 2.05) is 44.2 Å². The summed E-state index contributed by atoms with van der Waals surface area (Å²) in [5.41, 5.74) is 4.84. The second kappa shape index (κ2) is 6.82. The lowest BCUT2D eigenvalue weighted by molar-refractivity contribution is 0.000104. The second-order valence-corrected chi connectivity index (χ2v) is 4.76. The quantitative estimate of drug-likeness (QED) is 0.850. The lowest BCUT2D eigenvalue weighted by Crippen LogP contribution is -2.28. The molecule has 0 atom stereocenters. The van der Waals surface area contributed by atoms with Gasteiger partial charge >= 0.3 is 0 Å². The average Bonchev–Trinajstić information content (AvgIpc) is 2.46. The van der Waals surface area contributed by atoms with Gasteiger partial charge in [-0.2, -0.15) is 0 Å². The third kappa shape index (κ3) is 3.90. The molecule has 0 unspecified atom stereocenters. The van der Waals surface area contributed by atoms with Crippen LogP contribution in [-0.4, -0.2) is 17.0 Å². The second-order valence-electron chi connectivity index (χ2n) is 4.76. The predicted molar refractivity (Wildman–Crippen MR) is 77.2 cm³/mol. The molecule has 1 heterocycles. The SMILES string of the molecule is CC(C)ONC(=O)c1cccnc1Cc1ccccc1. The minimum absolute atomic E-state index is 0.0619. The van der Waals surface area contributed by atoms with E-state index in [2.05, 4.69) is 10.5 Å². The number of aromatic nitrogens is 1. The normalized spacial score (nSPS) is 10.6. The summed E-state index contributed by atoms with van der Waals surface area (Å²) in [6.07, 6.45) is 2.25. The van der Waals surface area contributed by atoms with Crippen LogP contribution in [0.5, 0.6) is 0 Å². The van der Waals surface area contributed by atoms with Gasteiger partial charge in [-0.1, -0.05) is 30.3 Å². The first-order valence-corrected chi connectivity index (χ1v) is 6.60. The Kier molecular flexibility index (Phi) is 4.85. The van der Waals surface area contributed by atoms with E-state index in [0.29, 0.717) is 12.0 Å². The number of carbonyl (C=O) groups excluding carboxylic acids is 1. The third-order valence-corrected chi connectivity index (χ3v) is 2.74. The molecule has 4 heteroatoms. The molecule has 0 spiro atoms. The molecule has 1 aromatic heterocycles. The Bertz CT molecular complexity index is 568. The van der Waals surface area contributed by atoms with Crippen LogP contribution in [0.25, 0.3) is 0 Å². The van der Waals surface area contributed by atoms with Crippen LogP contribution in [0.4, 0.5) is 0 Å². The number of nitrogens with zero attached hydrogens (tertiary/aromatic N) is 1. The number of rotatable bonds is 5. The number of nitrogens with one attached hydrogen (secondary N) is 1. The highest BCUT2D eigenvalue weighted by Gasteiger charge is 2.13. The fourth-order valence-corrected chi connectivity index (χ4v) is 1.80. The first-order chi connectivity index (χ1) is 9.66. The van der Waals surface area contributed by atoms with E-state index in [1.54, 1.807) is 18.3 Å². The fraction of sp³-hybridized carbons (Fsp3) is 0.250. The van der Waals surface area contributed by atoms with Crippen LogP contribution in [0, 0.1) is 0 Å². The van der Waals surface area contributed by atoms with Gasteiger partial charge in [0.05, 0.1) is 17.4 Å². The number of pyridine rings is 1. The van der Waals surface area contributed by atoms with Gasteiger partial charge in [0, 0.05) is 12.6 Å². The van der Waals surface area contributed by atoms with Crippen molar-refractivity contribution in [3.63, 3.8) is 0 Å². The van der Waals surface area contributed by atoms with Crippen LogP contribution in [0.15, 0.2) is 48.7 Å². The van der Waals surface area contributed by atoms with Crippen molar-refractivity contribution >= 4 is 5.91 Å². The Morgan fingerprint density at radius 1 is 1.20 bits per heavy atom. The summed E-state index contributed by atoms with van der Waals surface area (Å²) in [5.74, 6) is -0.266. The van der Waals surface area contributed by atoms with Crippen LogP contribution in [-0.2, 0) is 11.3 Å². The Morgan fingerprint density at radius 2 is 1.95 bits per heavy atom. The number of amides is 1. The van der Waals surface area contributed by atoms with Crippen molar-refractivity contribution in [3.8, 4) is 0 Å². The molecule has 20 heavy (non-hydrogen) atoms. The minimum Gasteiger partial charge on any atom is -0.271 e. The molecule has 0 saturated heterocycles. The molecule has 4 nitrogen and oxygen atoms in total. The summed E-state index contributed by atoms with van der Waals surface area (Å²) >= 11 is 0. The Balaban J connectivity index is 2.16. The van der Waals surface area contributed by atoms with E-state index in [-0.39, 0.29) is 12.0 Å². The highest BCUT2D eigenvalue weighted by atomic mass is 16.7. The van der Waals surface area contributed by atoms with Crippen molar-refractivity contribution < 1.29 is 9.63 Å². The van der Waals surface area contributed by atoms with E-state index in [0.717, 1.165) is 11.3 Å². The van der Waals surface area contributed by atoms with Crippen molar-refractivity contribution in [2.45, 2.75) is 26.4 Å². The number of benzene rings is 1. The van der Waals surface area contributed by atoms with Gasteiger partial charge in [-0.3, -0.25) is 14.6 Å². The highest BCUT2D eigenvalue weighted by molar-refractivity contribution is 5.94. The van der Waals surface area contributed by atoms with E-state index < -0.39 is 0 Å². The molecule has 104 valence electrons. The molecule has 0 aliphatic heterocycles. The summed E-state index contributed by atoms with van der Waals surface area (Å²) in [6.45, 7) is 3.71. The molecular weight excluding hydrogens is 252 g/mol. The molecule has 0 fully saturated rings. The van der Waals surface area contributed by atoms with Gasteiger partial charge in [0.1, 0.15) is 0 Å². The summed E-state index contributed by atoms with van der Waals surface area (Å²) in [5, 5.41) is 0. The standard InChI is InChI=1S/C16H18N2O2/c1-12(2)20-18-16(19)14-9-6-10-17-15(14)11-13-7-4-3-5-8-13/h3-10,12H,11H2,1-2H3,(H,18,19). The van der Waals surface area contributed by atoms with Crippen LogP contribution < -0.4 is 5.48 Å². The molecule has 0 radical (unpaired) electrons. The van der Waals surface area contributed by atoms with Crippen LogP contribution in [0.3, 0.4) is 0 Å². The molecule has 0 aliphatic rings. The van der Waals surface area contributed by atoms with E-state index >= 15 is 0 Å². The monoisotopic (exact) mass is 270 g/mol. The summed E-state index contributed by atoms with van der Waals surface area (Å²) in [6, 6.07) is 13.4. The zero-order valence-corrected chi connectivity index (χ0v) is 11.7. The maximum atomic E-state index is 12.1. The predicted octanol–water partition coefficient (Wildman–Crippen LogP) is 2.74. The Morgan fingerprint density at radius 3 is 2.65 bits per heavy atom. The molecule has 1 aromatic carbocycles. The molecule has 2 rings (SSSR count). The van der Waals surface area contributed by atoms with Gasteiger partial charge in [-0.25, -0.2) is 5.48 Å². The number of hydrogen-bond acceptors (Lipinski definition) is 3. The van der Waals surface area contributed by atoms with Gasteiger partial charge in [-0.15, -0.1) is 0 Å². The molecule has 1 amide bonds. The molecule has 0 saturated carbocycles. The van der Waals surface area contributed by atoms with Crippen LogP contribution >= 0.6 is 0 Å². The lowest BCUT2D eigenvalue weighted by Gasteiger charge is -2.11. The van der Waals surface area contributed by atoms with Gasteiger partial charge < -0.3 is 0 Å². The van der Waals surface area contributed by atoms with Gasteiger partial charge in [-0.05, 0) is 31.5 Å². The summed E-state index contributed by atoms with van der Waals surface area (Å²) < 4.78 is 0. The Hall–Kier alpha value is -2.20.